The topological polar surface area (TPSA) is 21.3 Å². The number of ether oxygens (including phenoxy) is 1. The molecule has 0 saturated carbocycles. The van der Waals surface area contributed by atoms with Crippen molar-refractivity contribution in [3.63, 3.8) is 0 Å². The average molecular weight is 213 g/mol. The zero-order valence-corrected chi connectivity index (χ0v) is 10.8. The molecule has 1 saturated heterocycles. The van der Waals surface area contributed by atoms with E-state index in [1.807, 2.05) is 0 Å². The van der Waals surface area contributed by atoms with Crippen molar-refractivity contribution in [2.45, 2.75) is 65.0 Å². The SMILES string of the molecule is CC(C)CCCNC1CCOC(C)(C)C1. The minimum absolute atomic E-state index is 0.0773. The first-order valence-corrected chi connectivity index (χ1v) is 6.37. The van der Waals surface area contributed by atoms with Gasteiger partial charge in [0.25, 0.3) is 0 Å². The third kappa shape index (κ3) is 5.53. The van der Waals surface area contributed by atoms with Crippen LogP contribution < -0.4 is 5.32 Å². The molecule has 0 aromatic rings. The van der Waals surface area contributed by atoms with Crippen molar-refractivity contribution < 1.29 is 4.74 Å². The van der Waals surface area contributed by atoms with Gasteiger partial charge in [0.05, 0.1) is 5.60 Å². The van der Waals surface area contributed by atoms with E-state index in [0.717, 1.165) is 18.9 Å². The quantitative estimate of drug-likeness (QED) is 0.709. The van der Waals surface area contributed by atoms with Crippen molar-refractivity contribution in [1.29, 1.82) is 0 Å². The minimum Gasteiger partial charge on any atom is -0.375 e. The molecule has 1 N–H and O–H groups in total. The fourth-order valence-corrected chi connectivity index (χ4v) is 2.22. The van der Waals surface area contributed by atoms with Crippen LogP contribution in [-0.2, 0) is 4.74 Å². The zero-order chi connectivity index (χ0) is 11.3. The standard InChI is InChI=1S/C13H27NO/c1-11(2)6-5-8-14-12-7-9-15-13(3,4)10-12/h11-12,14H,5-10H2,1-4H3. The van der Waals surface area contributed by atoms with Gasteiger partial charge in [-0.1, -0.05) is 13.8 Å². The van der Waals surface area contributed by atoms with E-state index >= 15 is 0 Å². The summed E-state index contributed by atoms with van der Waals surface area (Å²) in [7, 11) is 0. The lowest BCUT2D eigenvalue weighted by atomic mass is 9.94. The summed E-state index contributed by atoms with van der Waals surface area (Å²) < 4.78 is 5.70. The van der Waals surface area contributed by atoms with Gasteiger partial charge in [0.15, 0.2) is 0 Å². The Hall–Kier alpha value is -0.0800. The Labute approximate surface area is 94.8 Å². The van der Waals surface area contributed by atoms with Crippen molar-refractivity contribution >= 4 is 0 Å². The number of hydrogen-bond acceptors (Lipinski definition) is 2. The molecule has 1 aliphatic rings. The normalized spacial score (nSPS) is 25.8. The fraction of sp³-hybridized carbons (Fsp3) is 1.00. The molecule has 0 aromatic heterocycles. The highest BCUT2D eigenvalue weighted by Crippen LogP contribution is 2.23. The predicted molar refractivity (Wildman–Crippen MR) is 65.1 cm³/mol. The first kappa shape index (κ1) is 13.0. The Morgan fingerprint density at radius 1 is 1.40 bits per heavy atom. The molecule has 2 nitrogen and oxygen atoms in total. The molecule has 2 heteroatoms. The van der Waals surface area contributed by atoms with Gasteiger partial charge in [0, 0.05) is 12.6 Å². The van der Waals surface area contributed by atoms with Crippen LogP contribution in [0.25, 0.3) is 0 Å². The molecule has 1 heterocycles. The van der Waals surface area contributed by atoms with Crippen molar-refractivity contribution in [2.24, 2.45) is 5.92 Å². The van der Waals surface area contributed by atoms with Gasteiger partial charge < -0.3 is 10.1 Å². The lowest BCUT2D eigenvalue weighted by Crippen LogP contribution is -2.43. The van der Waals surface area contributed by atoms with E-state index < -0.39 is 0 Å². The lowest BCUT2D eigenvalue weighted by Gasteiger charge is -2.36. The van der Waals surface area contributed by atoms with Crippen molar-refractivity contribution in [1.82, 2.24) is 5.32 Å². The first-order valence-electron chi connectivity index (χ1n) is 6.37. The van der Waals surface area contributed by atoms with Crippen molar-refractivity contribution in [3.8, 4) is 0 Å². The van der Waals surface area contributed by atoms with Gasteiger partial charge in [-0.05, 0) is 52.0 Å². The average Bonchev–Trinajstić information content (AvgIpc) is 2.10. The highest BCUT2D eigenvalue weighted by molar-refractivity contribution is 4.82. The summed E-state index contributed by atoms with van der Waals surface area (Å²) in [6.45, 7) is 11.0. The summed E-state index contributed by atoms with van der Waals surface area (Å²) >= 11 is 0. The molecule has 1 atom stereocenters. The van der Waals surface area contributed by atoms with E-state index in [4.69, 9.17) is 4.74 Å². The lowest BCUT2D eigenvalue weighted by molar-refractivity contribution is -0.0628. The fourth-order valence-electron chi connectivity index (χ4n) is 2.22. The number of nitrogens with one attached hydrogen (secondary N) is 1. The molecule has 1 rings (SSSR count). The van der Waals surface area contributed by atoms with E-state index in [0.29, 0.717) is 6.04 Å². The van der Waals surface area contributed by atoms with Gasteiger partial charge in [-0.15, -0.1) is 0 Å². The molecule has 1 fully saturated rings. The number of hydrogen-bond donors (Lipinski definition) is 1. The smallest absolute Gasteiger partial charge is 0.0641 e. The van der Waals surface area contributed by atoms with Crippen LogP contribution in [0.3, 0.4) is 0 Å². The zero-order valence-electron chi connectivity index (χ0n) is 10.8. The predicted octanol–water partition coefficient (Wildman–Crippen LogP) is 2.97. The van der Waals surface area contributed by atoms with E-state index in [-0.39, 0.29) is 5.60 Å². The maximum atomic E-state index is 5.70. The van der Waals surface area contributed by atoms with Crippen molar-refractivity contribution in [3.05, 3.63) is 0 Å². The van der Waals surface area contributed by atoms with Gasteiger partial charge in [-0.3, -0.25) is 0 Å². The van der Waals surface area contributed by atoms with Gasteiger partial charge in [-0.2, -0.15) is 0 Å². The monoisotopic (exact) mass is 213 g/mol. The second kappa shape index (κ2) is 5.86. The van der Waals surface area contributed by atoms with Crippen LogP contribution in [0.1, 0.15) is 53.4 Å². The number of rotatable bonds is 5. The van der Waals surface area contributed by atoms with Crippen LogP contribution in [0.2, 0.25) is 0 Å². The largest absolute Gasteiger partial charge is 0.375 e. The molecule has 0 amide bonds. The third-order valence-corrected chi connectivity index (χ3v) is 3.09. The van der Waals surface area contributed by atoms with Gasteiger partial charge >= 0.3 is 0 Å². The molecule has 1 unspecified atom stereocenters. The van der Waals surface area contributed by atoms with Gasteiger partial charge in [0.1, 0.15) is 0 Å². The molecule has 90 valence electrons. The molecule has 0 spiro atoms. The molecular weight excluding hydrogens is 186 g/mol. The maximum absolute atomic E-state index is 5.70. The molecular formula is C13H27NO. The molecule has 0 radical (unpaired) electrons. The first-order chi connectivity index (χ1) is 6.99. The Balaban J connectivity index is 2.11. The van der Waals surface area contributed by atoms with E-state index in [1.165, 1.54) is 25.8 Å². The van der Waals surface area contributed by atoms with Crippen LogP contribution in [0, 0.1) is 5.92 Å². The van der Waals surface area contributed by atoms with Crippen LogP contribution in [0.4, 0.5) is 0 Å². The van der Waals surface area contributed by atoms with Crippen LogP contribution in [-0.4, -0.2) is 24.8 Å². The summed E-state index contributed by atoms with van der Waals surface area (Å²) in [5, 5.41) is 3.65. The van der Waals surface area contributed by atoms with E-state index in [2.05, 4.69) is 33.0 Å². The van der Waals surface area contributed by atoms with Gasteiger partial charge in [0.2, 0.25) is 0 Å². The highest BCUT2D eigenvalue weighted by atomic mass is 16.5. The molecule has 0 bridgehead atoms. The molecule has 15 heavy (non-hydrogen) atoms. The van der Waals surface area contributed by atoms with Crippen LogP contribution >= 0.6 is 0 Å². The molecule has 1 aliphatic heterocycles. The summed E-state index contributed by atoms with van der Waals surface area (Å²) in [4.78, 5) is 0. The third-order valence-electron chi connectivity index (χ3n) is 3.09. The van der Waals surface area contributed by atoms with Crippen LogP contribution in [0.5, 0.6) is 0 Å². The Morgan fingerprint density at radius 2 is 2.13 bits per heavy atom. The second-order valence-corrected chi connectivity index (χ2v) is 5.79. The second-order valence-electron chi connectivity index (χ2n) is 5.79. The molecule has 0 aliphatic carbocycles. The molecule has 0 aromatic carbocycles. The van der Waals surface area contributed by atoms with E-state index in [1.54, 1.807) is 0 Å². The summed E-state index contributed by atoms with van der Waals surface area (Å²) in [5.74, 6) is 0.831. The summed E-state index contributed by atoms with van der Waals surface area (Å²) in [6.07, 6.45) is 4.95. The summed E-state index contributed by atoms with van der Waals surface area (Å²) in [6, 6.07) is 0.668. The Morgan fingerprint density at radius 3 is 2.73 bits per heavy atom. The van der Waals surface area contributed by atoms with Crippen LogP contribution in [0.15, 0.2) is 0 Å². The maximum Gasteiger partial charge on any atom is 0.0641 e. The van der Waals surface area contributed by atoms with Gasteiger partial charge in [-0.25, -0.2) is 0 Å². The Kier molecular flexibility index (Phi) is 5.07. The van der Waals surface area contributed by atoms with E-state index in [9.17, 15) is 0 Å². The summed E-state index contributed by atoms with van der Waals surface area (Å²) in [5.41, 5.74) is 0.0773. The highest BCUT2D eigenvalue weighted by Gasteiger charge is 2.28. The minimum atomic E-state index is 0.0773. The Bertz CT molecular complexity index is 177. The van der Waals surface area contributed by atoms with Crippen molar-refractivity contribution in [2.75, 3.05) is 13.2 Å².